The van der Waals surface area contributed by atoms with Crippen LogP contribution in [0.25, 0.3) is 0 Å². The van der Waals surface area contributed by atoms with E-state index in [1.54, 1.807) is 25.1 Å². The first-order valence-corrected chi connectivity index (χ1v) is 7.60. The standard InChI is InChI=1S/C14H16N4O4S/c1-8-13(16-14(20)18-17-8)23-7-12(19)15-9-4-5-10(21-2)11(6-9)22-3/h4-6H,7H2,1-3H3,(H,15,19)(H,16,18,20). The minimum Gasteiger partial charge on any atom is -0.493 e. The van der Waals surface area contributed by atoms with Crippen LogP contribution in [0.15, 0.2) is 28.0 Å². The van der Waals surface area contributed by atoms with Crippen LogP contribution in [0.4, 0.5) is 5.69 Å². The highest BCUT2D eigenvalue weighted by atomic mass is 32.2. The fourth-order valence-electron chi connectivity index (χ4n) is 1.76. The average molecular weight is 336 g/mol. The number of aromatic nitrogens is 3. The van der Waals surface area contributed by atoms with Gasteiger partial charge in [0, 0.05) is 11.8 Å². The van der Waals surface area contributed by atoms with Crippen molar-refractivity contribution in [3.63, 3.8) is 0 Å². The number of rotatable bonds is 6. The van der Waals surface area contributed by atoms with Gasteiger partial charge in [-0.3, -0.25) is 4.79 Å². The van der Waals surface area contributed by atoms with Crippen LogP contribution >= 0.6 is 11.8 Å². The van der Waals surface area contributed by atoms with Gasteiger partial charge in [-0.1, -0.05) is 11.8 Å². The Hall–Kier alpha value is -2.55. The molecule has 2 N–H and O–H groups in total. The summed E-state index contributed by atoms with van der Waals surface area (Å²) in [5, 5.41) is 9.20. The van der Waals surface area contributed by atoms with Gasteiger partial charge < -0.3 is 14.8 Å². The molecule has 0 bridgehead atoms. The highest BCUT2D eigenvalue weighted by Crippen LogP contribution is 2.29. The second-order valence-electron chi connectivity index (χ2n) is 4.44. The summed E-state index contributed by atoms with van der Waals surface area (Å²) in [6.45, 7) is 1.71. The molecule has 0 saturated heterocycles. The Morgan fingerprint density at radius 2 is 2.04 bits per heavy atom. The van der Waals surface area contributed by atoms with Crippen LogP contribution in [0.2, 0.25) is 0 Å². The number of nitrogens with zero attached hydrogens (tertiary/aromatic N) is 2. The Morgan fingerprint density at radius 3 is 2.74 bits per heavy atom. The smallest absolute Gasteiger partial charge is 0.362 e. The van der Waals surface area contributed by atoms with Crippen molar-refractivity contribution in [2.24, 2.45) is 0 Å². The largest absolute Gasteiger partial charge is 0.493 e. The molecule has 1 heterocycles. The molecule has 0 aliphatic rings. The Morgan fingerprint density at radius 1 is 1.30 bits per heavy atom. The Bertz CT molecular complexity index is 763. The molecule has 0 fully saturated rings. The summed E-state index contributed by atoms with van der Waals surface area (Å²) in [6, 6.07) is 5.08. The summed E-state index contributed by atoms with van der Waals surface area (Å²) in [7, 11) is 3.06. The van der Waals surface area contributed by atoms with Crippen LogP contribution in [0, 0.1) is 6.92 Å². The van der Waals surface area contributed by atoms with Gasteiger partial charge in [0.15, 0.2) is 11.5 Å². The van der Waals surface area contributed by atoms with Gasteiger partial charge in [0.25, 0.3) is 0 Å². The summed E-state index contributed by atoms with van der Waals surface area (Å²) in [5.41, 5.74) is 0.605. The maximum atomic E-state index is 12.0. The lowest BCUT2D eigenvalue weighted by molar-refractivity contribution is -0.113. The van der Waals surface area contributed by atoms with E-state index in [0.29, 0.717) is 27.9 Å². The first kappa shape index (κ1) is 16.8. The van der Waals surface area contributed by atoms with Crippen molar-refractivity contribution < 1.29 is 14.3 Å². The number of benzene rings is 1. The Kier molecular flexibility index (Phi) is 5.58. The third-order valence-electron chi connectivity index (χ3n) is 2.84. The van der Waals surface area contributed by atoms with Crippen LogP contribution in [0.3, 0.4) is 0 Å². The molecule has 23 heavy (non-hydrogen) atoms. The van der Waals surface area contributed by atoms with Crippen LogP contribution in [0.5, 0.6) is 11.5 Å². The highest BCUT2D eigenvalue weighted by Gasteiger charge is 2.10. The molecular formula is C14H16N4O4S. The number of carbonyl (C=O) groups excluding carboxylic acids is 1. The molecular weight excluding hydrogens is 320 g/mol. The first-order valence-electron chi connectivity index (χ1n) is 6.61. The summed E-state index contributed by atoms with van der Waals surface area (Å²) in [6.07, 6.45) is 0. The molecule has 9 heteroatoms. The van der Waals surface area contributed by atoms with Gasteiger partial charge in [0.2, 0.25) is 5.91 Å². The highest BCUT2D eigenvalue weighted by molar-refractivity contribution is 8.00. The SMILES string of the molecule is COc1ccc(NC(=O)CSc2nc(=O)[nH]nc2C)cc1OC. The number of carbonyl (C=O) groups is 1. The topological polar surface area (TPSA) is 106 Å². The zero-order valence-corrected chi connectivity index (χ0v) is 13.7. The molecule has 1 amide bonds. The summed E-state index contributed by atoms with van der Waals surface area (Å²) < 4.78 is 10.3. The second-order valence-corrected chi connectivity index (χ2v) is 5.40. The van der Waals surface area contributed by atoms with E-state index in [0.717, 1.165) is 11.8 Å². The number of thioether (sulfide) groups is 1. The van der Waals surface area contributed by atoms with E-state index < -0.39 is 5.69 Å². The van der Waals surface area contributed by atoms with E-state index in [1.165, 1.54) is 14.2 Å². The zero-order chi connectivity index (χ0) is 16.8. The van der Waals surface area contributed by atoms with Gasteiger partial charge in [-0.05, 0) is 19.1 Å². The summed E-state index contributed by atoms with van der Waals surface area (Å²) in [5.74, 6) is 0.972. The normalized spacial score (nSPS) is 10.2. The molecule has 122 valence electrons. The lowest BCUT2D eigenvalue weighted by atomic mass is 10.2. The van der Waals surface area contributed by atoms with Gasteiger partial charge in [0.1, 0.15) is 5.03 Å². The van der Waals surface area contributed by atoms with Gasteiger partial charge in [-0.25, -0.2) is 9.89 Å². The molecule has 1 aromatic heterocycles. The predicted octanol–water partition coefficient (Wildman–Crippen LogP) is 1.22. The molecule has 0 unspecified atom stereocenters. The molecule has 0 aliphatic heterocycles. The van der Waals surface area contributed by atoms with Crippen molar-refractivity contribution in [3.05, 3.63) is 34.4 Å². The number of amides is 1. The number of anilines is 1. The first-order chi connectivity index (χ1) is 11.0. The van der Waals surface area contributed by atoms with Crippen molar-refractivity contribution in [1.29, 1.82) is 0 Å². The third kappa shape index (κ3) is 4.46. The minimum atomic E-state index is -0.543. The summed E-state index contributed by atoms with van der Waals surface area (Å²) >= 11 is 1.14. The second kappa shape index (κ2) is 7.63. The number of hydrogen-bond acceptors (Lipinski definition) is 7. The molecule has 0 spiro atoms. The Balaban J connectivity index is 1.99. The molecule has 2 rings (SSSR count). The molecule has 2 aromatic rings. The average Bonchev–Trinajstić information content (AvgIpc) is 2.55. The molecule has 0 saturated carbocycles. The quantitative estimate of drug-likeness (QED) is 0.764. The van der Waals surface area contributed by atoms with E-state index >= 15 is 0 Å². The summed E-state index contributed by atoms with van der Waals surface area (Å²) in [4.78, 5) is 26.9. The van der Waals surface area contributed by atoms with Gasteiger partial charge >= 0.3 is 5.69 Å². The van der Waals surface area contributed by atoms with Crippen molar-refractivity contribution in [2.75, 3.05) is 25.3 Å². The molecule has 8 nitrogen and oxygen atoms in total. The van der Waals surface area contributed by atoms with E-state index in [4.69, 9.17) is 9.47 Å². The number of ether oxygens (including phenoxy) is 2. The van der Waals surface area contributed by atoms with E-state index in [-0.39, 0.29) is 11.7 Å². The fraction of sp³-hybridized carbons (Fsp3) is 0.286. The number of H-pyrrole nitrogens is 1. The fourth-order valence-corrected chi connectivity index (χ4v) is 2.50. The predicted molar refractivity (Wildman–Crippen MR) is 86.3 cm³/mol. The van der Waals surface area contributed by atoms with Crippen LogP contribution in [-0.2, 0) is 4.79 Å². The zero-order valence-electron chi connectivity index (χ0n) is 12.9. The van der Waals surface area contributed by atoms with Crippen molar-refractivity contribution in [2.45, 2.75) is 11.9 Å². The van der Waals surface area contributed by atoms with Crippen LogP contribution < -0.4 is 20.5 Å². The maximum Gasteiger partial charge on any atom is 0.362 e. The van der Waals surface area contributed by atoms with Crippen molar-refractivity contribution >= 4 is 23.4 Å². The third-order valence-corrected chi connectivity index (χ3v) is 3.91. The number of aromatic amines is 1. The van der Waals surface area contributed by atoms with Crippen LogP contribution in [0.1, 0.15) is 5.69 Å². The minimum absolute atomic E-state index is 0.104. The van der Waals surface area contributed by atoms with Gasteiger partial charge in [-0.15, -0.1) is 0 Å². The number of aryl methyl sites for hydroxylation is 1. The number of methoxy groups -OCH3 is 2. The Labute approximate surface area is 136 Å². The van der Waals surface area contributed by atoms with Crippen molar-refractivity contribution in [3.8, 4) is 11.5 Å². The monoisotopic (exact) mass is 336 g/mol. The maximum absolute atomic E-state index is 12.0. The molecule has 0 radical (unpaired) electrons. The lowest BCUT2D eigenvalue weighted by Crippen LogP contribution is -2.17. The van der Waals surface area contributed by atoms with Crippen LogP contribution in [-0.4, -0.2) is 41.1 Å². The molecule has 1 aromatic carbocycles. The number of hydrogen-bond donors (Lipinski definition) is 2. The number of nitrogens with one attached hydrogen (secondary N) is 2. The van der Waals surface area contributed by atoms with E-state index in [9.17, 15) is 9.59 Å². The lowest BCUT2D eigenvalue weighted by Gasteiger charge is -2.10. The van der Waals surface area contributed by atoms with Gasteiger partial charge in [0.05, 0.1) is 25.7 Å². The molecule has 0 atom stereocenters. The van der Waals surface area contributed by atoms with E-state index in [1.807, 2.05) is 0 Å². The van der Waals surface area contributed by atoms with Gasteiger partial charge in [-0.2, -0.15) is 10.1 Å². The molecule has 0 aliphatic carbocycles. The van der Waals surface area contributed by atoms with Crippen molar-refractivity contribution in [1.82, 2.24) is 15.2 Å². The van der Waals surface area contributed by atoms with E-state index in [2.05, 4.69) is 20.5 Å².